The molecule has 0 bridgehead atoms. The van der Waals surface area contributed by atoms with Crippen LogP contribution in [-0.4, -0.2) is 19.1 Å². The average molecular weight is 317 g/mol. The molecule has 0 aliphatic carbocycles. The highest BCUT2D eigenvalue weighted by atomic mass is 32.2. The van der Waals surface area contributed by atoms with Crippen LogP contribution in [0.25, 0.3) is 5.57 Å². The van der Waals surface area contributed by atoms with E-state index in [0.29, 0.717) is 0 Å². The van der Waals surface area contributed by atoms with Gasteiger partial charge in [-0.25, -0.2) is 8.42 Å². The normalized spacial score (nSPS) is 11.1. The van der Waals surface area contributed by atoms with E-state index in [1.54, 1.807) is 18.2 Å². The number of aryl methyl sites for hydroxylation is 1. The van der Waals surface area contributed by atoms with E-state index in [0.717, 1.165) is 5.56 Å². The summed E-state index contributed by atoms with van der Waals surface area (Å²) >= 11 is 0. The van der Waals surface area contributed by atoms with E-state index in [-0.39, 0.29) is 27.5 Å². The van der Waals surface area contributed by atoms with Crippen LogP contribution < -0.4 is 0 Å². The maximum atomic E-state index is 12.4. The van der Waals surface area contributed by atoms with Crippen LogP contribution in [0.5, 0.6) is 0 Å². The van der Waals surface area contributed by atoms with Crippen LogP contribution in [0.4, 0.5) is 5.69 Å². The van der Waals surface area contributed by atoms with Gasteiger partial charge in [0.25, 0.3) is 5.69 Å². The van der Waals surface area contributed by atoms with Crippen LogP contribution in [0.15, 0.2) is 60.0 Å². The van der Waals surface area contributed by atoms with Crippen molar-refractivity contribution in [2.75, 3.05) is 5.75 Å². The lowest BCUT2D eigenvalue weighted by atomic mass is 10.1. The van der Waals surface area contributed by atoms with Crippen LogP contribution in [0.1, 0.15) is 11.1 Å². The van der Waals surface area contributed by atoms with Crippen molar-refractivity contribution in [2.24, 2.45) is 0 Å². The third-order valence-corrected chi connectivity index (χ3v) is 4.94. The number of hydrogen-bond donors (Lipinski definition) is 0. The predicted molar refractivity (Wildman–Crippen MR) is 85.4 cm³/mol. The smallest absolute Gasteiger partial charge is 0.258 e. The zero-order valence-corrected chi connectivity index (χ0v) is 12.8. The van der Waals surface area contributed by atoms with Crippen LogP contribution >= 0.6 is 0 Å². The van der Waals surface area contributed by atoms with Gasteiger partial charge < -0.3 is 0 Å². The molecule has 2 rings (SSSR count). The van der Waals surface area contributed by atoms with Crippen molar-refractivity contribution in [3.63, 3.8) is 0 Å². The molecule has 2 aromatic carbocycles. The summed E-state index contributed by atoms with van der Waals surface area (Å²) in [6.07, 6.45) is 0. The number of hydrogen-bond acceptors (Lipinski definition) is 4. The summed E-state index contributed by atoms with van der Waals surface area (Å²) < 4.78 is 24.8. The number of nitro groups is 1. The van der Waals surface area contributed by atoms with E-state index >= 15 is 0 Å². The molecule has 0 radical (unpaired) electrons. The Morgan fingerprint density at radius 2 is 1.73 bits per heavy atom. The molecule has 0 aliphatic rings. The van der Waals surface area contributed by atoms with Crippen LogP contribution in [0.3, 0.4) is 0 Å². The van der Waals surface area contributed by atoms with Gasteiger partial charge in [0.05, 0.1) is 21.1 Å². The first-order chi connectivity index (χ1) is 10.3. The molecular weight excluding hydrogens is 302 g/mol. The van der Waals surface area contributed by atoms with Crippen LogP contribution in [-0.2, 0) is 9.84 Å². The van der Waals surface area contributed by atoms with Crippen molar-refractivity contribution in [3.05, 3.63) is 76.4 Å². The Labute approximate surface area is 129 Å². The molecule has 6 heteroatoms. The van der Waals surface area contributed by atoms with E-state index in [1.807, 2.05) is 6.92 Å². The zero-order valence-electron chi connectivity index (χ0n) is 12.0. The molecule has 22 heavy (non-hydrogen) atoms. The third kappa shape index (κ3) is 3.40. The molecule has 0 heterocycles. The molecular formula is C16H15NO4S. The van der Waals surface area contributed by atoms with Crippen molar-refractivity contribution in [1.29, 1.82) is 0 Å². The fraction of sp³-hybridized carbons (Fsp3) is 0.125. The summed E-state index contributed by atoms with van der Waals surface area (Å²) in [7, 11) is -3.59. The van der Waals surface area contributed by atoms with E-state index in [2.05, 4.69) is 6.58 Å². The van der Waals surface area contributed by atoms with E-state index < -0.39 is 14.8 Å². The highest BCUT2D eigenvalue weighted by molar-refractivity contribution is 7.91. The second kappa shape index (κ2) is 6.11. The van der Waals surface area contributed by atoms with Gasteiger partial charge in [-0.3, -0.25) is 10.1 Å². The number of nitrogens with zero attached hydrogens (tertiary/aromatic N) is 1. The largest absolute Gasteiger partial charge is 0.276 e. The Bertz CT molecular complexity index is 823. The summed E-state index contributed by atoms with van der Waals surface area (Å²) in [5, 5.41) is 11.0. The first-order valence-electron chi connectivity index (χ1n) is 6.52. The fourth-order valence-electron chi connectivity index (χ4n) is 2.07. The van der Waals surface area contributed by atoms with Crippen molar-refractivity contribution < 1.29 is 13.3 Å². The maximum Gasteiger partial charge on any atom is 0.276 e. The summed E-state index contributed by atoms with van der Waals surface area (Å²) in [6.45, 7) is 5.58. The fourth-order valence-corrected chi connectivity index (χ4v) is 3.40. The summed E-state index contributed by atoms with van der Waals surface area (Å²) in [5.41, 5.74) is 1.25. The van der Waals surface area contributed by atoms with E-state index in [9.17, 15) is 18.5 Å². The van der Waals surface area contributed by atoms with E-state index in [4.69, 9.17) is 0 Å². The molecule has 114 valence electrons. The molecule has 0 amide bonds. The quantitative estimate of drug-likeness (QED) is 0.625. The predicted octanol–water partition coefficient (Wildman–Crippen LogP) is 3.39. The lowest BCUT2D eigenvalue weighted by Crippen LogP contribution is -2.09. The molecule has 0 unspecified atom stereocenters. The molecule has 0 spiro atoms. The monoisotopic (exact) mass is 317 g/mol. The van der Waals surface area contributed by atoms with Crippen LogP contribution in [0, 0.1) is 17.0 Å². The first-order valence-corrected chi connectivity index (χ1v) is 8.17. The Morgan fingerprint density at radius 1 is 1.14 bits per heavy atom. The second-order valence-electron chi connectivity index (χ2n) is 4.95. The molecule has 0 atom stereocenters. The molecule has 2 aromatic rings. The molecule has 0 aromatic heterocycles. The van der Waals surface area contributed by atoms with Gasteiger partial charge in [-0.2, -0.15) is 0 Å². The van der Waals surface area contributed by atoms with Gasteiger partial charge >= 0.3 is 0 Å². The molecule has 0 fully saturated rings. The van der Waals surface area contributed by atoms with Crippen molar-refractivity contribution >= 4 is 21.1 Å². The highest BCUT2D eigenvalue weighted by Gasteiger charge is 2.21. The van der Waals surface area contributed by atoms with E-state index in [1.165, 1.54) is 30.3 Å². The van der Waals surface area contributed by atoms with Gasteiger partial charge in [-0.1, -0.05) is 36.4 Å². The van der Waals surface area contributed by atoms with Gasteiger partial charge in [0, 0.05) is 6.07 Å². The minimum atomic E-state index is -3.59. The Kier molecular flexibility index (Phi) is 4.42. The number of nitro benzene ring substituents is 1. The first kappa shape index (κ1) is 15.9. The van der Waals surface area contributed by atoms with Gasteiger partial charge in [0.2, 0.25) is 0 Å². The Hall–Kier alpha value is -2.47. The maximum absolute atomic E-state index is 12.4. The van der Waals surface area contributed by atoms with Gasteiger partial charge in [-0.15, -0.1) is 0 Å². The number of benzene rings is 2. The Morgan fingerprint density at radius 3 is 2.32 bits per heavy atom. The van der Waals surface area contributed by atoms with Gasteiger partial charge in [-0.05, 0) is 30.7 Å². The standard InChI is InChI=1S/C16H15NO4S/c1-12-7-9-14(10-8-12)22(20,21)11-13(2)15-5-3-4-6-16(15)17(18)19/h3-10H,2,11H2,1H3. The summed E-state index contributed by atoms with van der Waals surface area (Å²) in [5.74, 6) is -0.360. The number of rotatable bonds is 5. The molecule has 0 aliphatic heterocycles. The van der Waals surface area contributed by atoms with Crippen molar-refractivity contribution in [2.45, 2.75) is 11.8 Å². The minimum Gasteiger partial charge on any atom is -0.258 e. The number of para-hydroxylation sites is 1. The number of sulfone groups is 1. The lowest BCUT2D eigenvalue weighted by molar-refractivity contribution is -0.385. The van der Waals surface area contributed by atoms with Gasteiger partial charge in [0.15, 0.2) is 9.84 Å². The topological polar surface area (TPSA) is 77.3 Å². The zero-order chi connectivity index (χ0) is 16.3. The average Bonchev–Trinajstić information content (AvgIpc) is 2.47. The van der Waals surface area contributed by atoms with Crippen molar-refractivity contribution in [1.82, 2.24) is 0 Å². The van der Waals surface area contributed by atoms with Crippen LogP contribution in [0.2, 0.25) is 0 Å². The molecule has 5 nitrogen and oxygen atoms in total. The summed E-state index contributed by atoms with van der Waals surface area (Å²) in [6, 6.07) is 12.5. The SMILES string of the molecule is C=C(CS(=O)(=O)c1ccc(C)cc1)c1ccccc1[N+](=O)[O-]. The molecule has 0 N–H and O–H groups in total. The highest BCUT2D eigenvalue weighted by Crippen LogP contribution is 2.27. The summed E-state index contributed by atoms with van der Waals surface area (Å²) in [4.78, 5) is 10.7. The molecule has 0 saturated carbocycles. The Balaban J connectivity index is 2.32. The third-order valence-electron chi connectivity index (χ3n) is 3.23. The van der Waals surface area contributed by atoms with Gasteiger partial charge in [0.1, 0.15) is 0 Å². The molecule has 0 saturated heterocycles. The minimum absolute atomic E-state index is 0.147. The second-order valence-corrected chi connectivity index (χ2v) is 6.94. The lowest BCUT2D eigenvalue weighted by Gasteiger charge is -2.08. The van der Waals surface area contributed by atoms with Crippen molar-refractivity contribution in [3.8, 4) is 0 Å².